The predicted octanol–water partition coefficient (Wildman–Crippen LogP) is 4.33. The van der Waals surface area contributed by atoms with E-state index in [-0.39, 0.29) is 5.91 Å². The van der Waals surface area contributed by atoms with Gasteiger partial charge in [0.25, 0.3) is 5.91 Å². The Labute approximate surface area is 175 Å². The summed E-state index contributed by atoms with van der Waals surface area (Å²) in [5.74, 6) is 1.43. The molecular weight excluding hydrogens is 372 g/mol. The van der Waals surface area contributed by atoms with Crippen molar-refractivity contribution >= 4 is 16.8 Å². The van der Waals surface area contributed by atoms with Gasteiger partial charge in [-0.3, -0.25) is 9.78 Å². The van der Waals surface area contributed by atoms with E-state index >= 15 is 0 Å². The first-order chi connectivity index (χ1) is 14.8. The number of carbonyl (C=O) groups excluding carboxylic acids is 1. The van der Waals surface area contributed by atoms with Gasteiger partial charge in [0.05, 0.1) is 11.1 Å². The molecule has 1 aliphatic rings. The molecule has 1 N–H and O–H groups in total. The average Bonchev–Trinajstić information content (AvgIpc) is 3.55. The molecule has 4 aromatic rings. The number of nitrogens with one attached hydrogen (secondary N) is 1. The second-order valence-electron chi connectivity index (χ2n) is 7.85. The number of hydrogen-bond acceptors (Lipinski definition) is 3. The zero-order valence-corrected chi connectivity index (χ0v) is 16.8. The summed E-state index contributed by atoms with van der Waals surface area (Å²) in [4.78, 5) is 22.2. The van der Waals surface area contributed by atoms with Gasteiger partial charge in [0, 0.05) is 48.9 Å². The van der Waals surface area contributed by atoms with E-state index < -0.39 is 0 Å². The highest BCUT2D eigenvalue weighted by Crippen LogP contribution is 2.40. The monoisotopic (exact) mass is 396 g/mol. The third-order valence-corrected chi connectivity index (χ3v) is 5.61. The van der Waals surface area contributed by atoms with E-state index in [0.717, 1.165) is 47.4 Å². The van der Waals surface area contributed by atoms with Crippen molar-refractivity contribution in [2.24, 2.45) is 0 Å². The summed E-state index contributed by atoms with van der Waals surface area (Å²) in [6, 6.07) is 20.2. The minimum Gasteiger partial charge on any atom is -0.352 e. The molecule has 1 amide bonds. The summed E-state index contributed by atoms with van der Waals surface area (Å²) in [7, 11) is 0. The molecule has 0 radical (unpaired) electrons. The standard InChI is InChI=1S/C25H24N4O/c30-25(21-16-23(19-10-11-19)28-22-9-5-4-8-20(21)22)27-13-12-24-26-14-15-29(24)17-18-6-2-1-3-7-18/h1-9,14-16,19H,10-13,17H2,(H,27,30). The van der Waals surface area contributed by atoms with Crippen LogP contribution in [0.3, 0.4) is 0 Å². The van der Waals surface area contributed by atoms with Crippen LogP contribution in [0, 0.1) is 0 Å². The molecule has 5 nitrogen and oxygen atoms in total. The number of nitrogens with zero attached hydrogens (tertiary/aromatic N) is 3. The van der Waals surface area contributed by atoms with E-state index in [1.54, 1.807) is 0 Å². The van der Waals surface area contributed by atoms with Crippen molar-refractivity contribution in [2.75, 3.05) is 6.54 Å². The van der Waals surface area contributed by atoms with Crippen LogP contribution in [0.1, 0.15) is 46.2 Å². The predicted molar refractivity (Wildman–Crippen MR) is 118 cm³/mol. The molecule has 1 fully saturated rings. The quantitative estimate of drug-likeness (QED) is 0.506. The zero-order valence-electron chi connectivity index (χ0n) is 16.8. The molecule has 5 heteroatoms. The van der Waals surface area contributed by atoms with Crippen molar-refractivity contribution in [1.82, 2.24) is 19.9 Å². The van der Waals surface area contributed by atoms with Gasteiger partial charge in [-0.25, -0.2) is 4.98 Å². The molecule has 0 atom stereocenters. The summed E-state index contributed by atoms with van der Waals surface area (Å²) in [5.41, 5.74) is 3.88. The molecule has 2 aromatic carbocycles. The minimum absolute atomic E-state index is 0.0448. The Morgan fingerprint density at radius 2 is 1.87 bits per heavy atom. The number of imidazole rings is 1. The first-order valence-electron chi connectivity index (χ1n) is 10.5. The number of pyridine rings is 1. The first kappa shape index (κ1) is 18.6. The van der Waals surface area contributed by atoms with Crippen molar-refractivity contribution < 1.29 is 4.79 Å². The lowest BCUT2D eigenvalue weighted by Gasteiger charge is -2.11. The van der Waals surface area contributed by atoms with Crippen molar-refractivity contribution in [2.45, 2.75) is 31.7 Å². The molecule has 0 bridgehead atoms. The lowest BCUT2D eigenvalue weighted by molar-refractivity contribution is 0.0955. The van der Waals surface area contributed by atoms with Gasteiger partial charge >= 0.3 is 0 Å². The van der Waals surface area contributed by atoms with Gasteiger partial charge in [-0.05, 0) is 30.5 Å². The normalized spacial score (nSPS) is 13.5. The second-order valence-corrected chi connectivity index (χ2v) is 7.85. The number of amides is 1. The van der Waals surface area contributed by atoms with E-state index in [1.807, 2.05) is 60.9 Å². The molecule has 30 heavy (non-hydrogen) atoms. The Hall–Kier alpha value is -3.47. The van der Waals surface area contributed by atoms with Crippen LogP contribution in [0.15, 0.2) is 73.1 Å². The molecule has 1 saturated carbocycles. The highest BCUT2D eigenvalue weighted by atomic mass is 16.1. The van der Waals surface area contributed by atoms with Crippen LogP contribution in [-0.4, -0.2) is 27.0 Å². The zero-order chi connectivity index (χ0) is 20.3. The lowest BCUT2D eigenvalue weighted by atomic mass is 10.1. The molecule has 150 valence electrons. The van der Waals surface area contributed by atoms with Gasteiger partial charge in [-0.2, -0.15) is 0 Å². The van der Waals surface area contributed by atoms with Crippen LogP contribution < -0.4 is 5.32 Å². The van der Waals surface area contributed by atoms with Crippen molar-refractivity contribution in [3.05, 3.63) is 95.7 Å². The van der Waals surface area contributed by atoms with Crippen LogP contribution in [0.4, 0.5) is 0 Å². The third kappa shape index (κ3) is 3.96. The van der Waals surface area contributed by atoms with Crippen molar-refractivity contribution in [3.8, 4) is 0 Å². The maximum Gasteiger partial charge on any atom is 0.252 e. The molecule has 5 rings (SSSR count). The van der Waals surface area contributed by atoms with Gasteiger partial charge < -0.3 is 9.88 Å². The van der Waals surface area contributed by atoms with Gasteiger partial charge in [-0.1, -0.05) is 48.5 Å². The Bertz CT molecular complexity index is 1180. The Balaban J connectivity index is 1.28. The maximum absolute atomic E-state index is 13.0. The summed E-state index contributed by atoms with van der Waals surface area (Å²) >= 11 is 0. The summed E-state index contributed by atoms with van der Waals surface area (Å²) < 4.78 is 2.13. The molecule has 1 aliphatic carbocycles. The van der Waals surface area contributed by atoms with Crippen LogP contribution >= 0.6 is 0 Å². The topological polar surface area (TPSA) is 59.8 Å². The Kier molecular flexibility index (Phi) is 5.01. The fourth-order valence-electron chi connectivity index (χ4n) is 3.85. The molecule has 2 heterocycles. The van der Waals surface area contributed by atoms with E-state index in [4.69, 9.17) is 4.98 Å². The smallest absolute Gasteiger partial charge is 0.252 e. The van der Waals surface area contributed by atoms with Gasteiger partial charge in [0.15, 0.2) is 0 Å². The number of carbonyl (C=O) groups is 1. The number of hydrogen-bond donors (Lipinski definition) is 1. The van der Waals surface area contributed by atoms with E-state index in [9.17, 15) is 4.79 Å². The van der Waals surface area contributed by atoms with E-state index in [2.05, 4.69) is 27.0 Å². The molecule has 0 spiro atoms. The second kappa shape index (κ2) is 8.11. The Morgan fingerprint density at radius 3 is 2.70 bits per heavy atom. The third-order valence-electron chi connectivity index (χ3n) is 5.61. The van der Waals surface area contributed by atoms with Crippen LogP contribution in [-0.2, 0) is 13.0 Å². The molecule has 2 aromatic heterocycles. The van der Waals surface area contributed by atoms with Gasteiger partial charge in [0.2, 0.25) is 0 Å². The van der Waals surface area contributed by atoms with Crippen molar-refractivity contribution in [1.29, 1.82) is 0 Å². The highest BCUT2D eigenvalue weighted by Gasteiger charge is 2.26. The molecule has 0 aliphatic heterocycles. The van der Waals surface area contributed by atoms with Crippen molar-refractivity contribution in [3.63, 3.8) is 0 Å². The van der Waals surface area contributed by atoms with E-state index in [1.165, 1.54) is 5.56 Å². The summed E-state index contributed by atoms with van der Waals surface area (Å²) in [6.45, 7) is 1.32. The number of benzene rings is 2. The van der Waals surface area contributed by atoms with Crippen LogP contribution in [0.2, 0.25) is 0 Å². The lowest BCUT2D eigenvalue weighted by Crippen LogP contribution is -2.27. The highest BCUT2D eigenvalue weighted by molar-refractivity contribution is 6.06. The number of fused-ring (bicyclic) bond motifs is 1. The van der Waals surface area contributed by atoms with Gasteiger partial charge in [-0.15, -0.1) is 0 Å². The fourth-order valence-corrected chi connectivity index (χ4v) is 3.85. The molecular formula is C25H24N4O. The summed E-state index contributed by atoms with van der Waals surface area (Å²) in [6.07, 6.45) is 6.82. The minimum atomic E-state index is -0.0448. The maximum atomic E-state index is 13.0. The molecule has 0 unspecified atom stereocenters. The fraction of sp³-hybridized carbons (Fsp3) is 0.240. The summed E-state index contributed by atoms with van der Waals surface area (Å²) in [5, 5.41) is 3.99. The largest absolute Gasteiger partial charge is 0.352 e. The number of aromatic nitrogens is 3. The van der Waals surface area contributed by atoms with Crippen LogP contribution in [0.5, 0.6) is 0 Å². The number of rotatable bonds is 7. The van der Waals surface area contributed by atoms with E-state index in [0.29, 0.717) is 18.9 Å². The first-order valence-corrected chi connectivity index (χ1v) is 10.5. The molecule has 0 saturated heterocycles. The number of para-hydroxylation sites is 1. The van der Waals surface area contributed by atoms with Crippen LogP contribution in [0.25, 0.3) is 10.9 Å². The SMILES string of the molecule is O=C(NCCc1nccn1Cc1ccccc1)c1cc(C2CC2)nc2ccccc12. The Morgan fingerprint density at radius 1 is 1.07 bits per heavy atom. The van der Waals surface area contributed by atoms with Gasteiger partial charge in [0.1, 0.15) is 5.82 Å². The average molecular weight is 396 g/mol.